The topological polar surface area (TPSA) is 9.23 Å². The van der Waals surface area contributed by atoms with E-state index in [1.807, 2.05) is 0 Å². The van der Waals surface area contributed by atoms with Gasteiger partial charge in [-0.05, 0) is 0 Å². The maximum atomic E-state index is 14.3. The van der Waals surface area contributed by atoms with Gasteiger partial charge in [0.15, 0.2) is 12.3 Å². The van der Waals surface area contributed by atoms with Gasteiger partial charge in [0.25, 0.3) is 12.9 Å². The Morgan fingerprint density at radius 3 is 0.689 bits per heavy atom. The molecule has 0 radical (unpaired) electrons. The van der Waals surface area contributed by atoms with Crippen molar-refractivity contribution in [2.24, 2.45) is 0 Å². The molecular weight excluding hydrogens is 712 g/mol. The quantitative estimate of drug-likeness (QED) is 0.101. The van der Waals surface area contributed by atoms with Crippen molar-refractivity contribution in [2.45, 2.75) is 97.1 Å². The van der Waals surface area contributed by atoms with Crippen molar-refractivity contribution in [1.82, 2.24) is 0 Å². The number of rotatable bonds is 18. The number of halogens is 24. The molecule has 0 N–H and O–H groups in total. The smallest absolute Gasteiger partial charge is 0.360 e. The predicted molar refractivity (Wildman–Crippen MR) is 100 cm³/mol. The van der Waals surface area contributed by atoms with Crippen LogP contribution in [0, 0.1) is 0 Å². The zero-order valence-electron chi connectivity index (χ0n) is 20.7. The summed E-state index contributed by atoms with van der Waals surface area (Å²) in [5, 5.41) is 0. The summed E-state index contributed by atoms with van der Waals surface area (Å²) >= 11 is 0. The number of hydrogen-bond donors (Lipinski definition) is 0. The Kier molecular flexibility index (Phi) is 12.5. The molecular formula is C20H14F24O. The summed E-state index contributed by atoms with van der Waals surface area (Å²) in [4.78, 5) is 0. The molecule has 0 bridgehead atoms. The lowest BCUT2D eigenvalue weighted by molar-refractivity contribution is -0.394. The lowest BCUT2D eigenvalue weighted by Crippen LogP contribution is -2.69. The van der Waals surface area contributed by atoms with Crippen LogP contribution in [0.25, 0.3) is 0 Å². The van der Waals surface area contributed by atoms with Crippen LogP contribution in [0.3, 0.4) is 0 Å². The SMILES string of the molecule is C=CC(OC(C=C)C(F)C(F)(F)C(F)(F)C(F)(F)C(F)(F)C(F)C(F)F)C(F)C(F)(F)C(F)(F)C(F)(F)C(F)(F)C(F)C(F)F. The summed E-state index contributed by atoms with van der Waals surface area (Å²) in [5.41, 5.74) is 0. The van der Waals surface area contributed by atoms with Gasteiger partial charge in [-0.25, -0.2) is 35.1 Å². The first kappa shape index (κ1) is 42.8. The van der Waals surface area contributed by atoms with Gasteiger partial charge in [-0.3, -0.25) is 0 Å². The molecule has 0 saturated carbocycles. The minimum Gasteiger partial charge on any atom is -0.360 e. The van der Waals surface area contributed by atoms with Crippen LogP contribution < -0.4 is 0 Å². The second kappa shape index (κ2) is 13.1. The fourth-order valence-corrected chi connectivity index (χ4v) is 2.93. The highest BCUT2D eigenvalue weighted by Gasteiger charge is 2.86. The minimum absolute atomic E-state index is 0.749. The summed E-state index contributed by atoms with van der Waals surface area (Å²) in [5.74, 6) is -61.8. The van der Waals surface area contributed by atoms with Gasteiger partial charge in [-0.2, -0.15) is 70.2 Å². The third-order valence-corrected chi connectivity index (χ3v) is 5.65. The zero-order valence-corrected chi connectivity index (χ0v) is 20.7. The largest absolute Gasteiger partial charge is 0.381 e. The Balaban J connectivity index is 6.66. The van der Waals surface area contributed by atoms with Crippen LogP contribution in [0.4, 0.5) is 105 Å². The third kappa shape index (κ3) is 6.63. The van der Waals surface area contributed by atoms with E-state index in [4.69, 9.17) is 0 Å². The monoisotopic (exact) mass is 726 g/mol. The molecule has 0 amide bonds. The zero-order chi connectivity index (χ0) is 36.7. The van der Waals surface area contributed by atoms with Gasteiger partial charge >= 0.3 is 47.4 Å². The van der Waals surface area contributed by atoms with Gasteiger partial charge < -0.3 is 4.74 Å². The maximum Gasteiger partial charge on any atom is 0.381 e. The summed E-state index contributed by atoms with van der Waals surface area (Å²) in [6, 6.07) is 0. The van der Waals surface area contributed by atoms with E-state index in [0.717, 1.165) is 0 Å². The van der Waals surface area contributed by atoms with Gasteiger partial charge in [0.05, 0.1) is 0 Å². The molecule has 0 aliphatic heterocycles. The molecule has 6 unspecified atom stereocenters. The highest BCUT2D eigenvalue weighted by Crippen LogP contribution is 2.58. The van der Waals surface area contributed by atoms with E-state index < -0.39 is 109 Å². The Labute approximate surface area is 233 Å². The van der Waals surface area contributed by atoms with Crippen molar-refractivity contribution >= 4 is 0 Å². The van der Waals surface area contributed by atoms with Crippen molar-refractivity contribution in [2.75, 3.05) is 0 Å². The van der Waals surface area contributed by atoms with Crippen LogP contribution in [0.2, 0.25) is 0 Å². The molecule has 0 aliphatic carbocycles. The van der Waals surface area contributed by atoms with Crippen LogP contribution in [-0.4, -0.2) is 97.1 Å². The molecule has 0 aromatic heterocycles. The molecule has 0 spiro atoms. The molecule has 6 atom stereocenters. The lowest BCUT2D eigenvalue weighted by Gasteiger charge is -2.41. The van der Waals surface area contributed by atoms with Crippen LogP contribution in [0.1, 0.15) is 0 Å². The van der Waals surface area contributed by atoms with Crippen molar-refractivity contribution in [1.29, 1.82) is 0 Å². The molecule has 1 nitrogen and oxygen atoms in total. The van der Waals surface area contributed by atoms with Gasteiger partial charge in [-0.15, -0.1) is 13.2 Å². The van der Waals surface area contributed by atoms with Crippen molar-refractivity contribution in [3.8, 4) is 0 Å². The average molecular weight is 726 g/mol. The predicted octanol–water partition coefficient (Wildman–Crippen LogP) is 9.08. The average Bonchev–Trinajstić information content (AvgIpc) is 2.90. The van der Waals surface area contributed by atoms with Crippen LogP contribution in [-0.2, 0) is 4.74 Å². The lowest BCUT2D eigenvalue weighted by atomic mass is 9.90. The van der Waals surface area contributed by atoms with Crippen LogP contribution in [0.15, 0.2) is 25.3 Å². The van der Waals surface area contributed by atoms with E-state index in [9.17, 15) is 105 Å². The standard InChI is InChI=1S/C20H14F24O/c1-3-5(7(21)13(29,30)17(37,38)19(41,42)15(33,34)9(23)11(25)26)45-6(4-2)8(22)14(31,32)18(39,40)20(43,44)16(35,36)10(24)12(27)28/h3-12H,1-2H2. The summed E-state index contributed by atoms with van der Waals surface area (Å²) in [7, 11) is 0. The van der Waals surface area contributed by atoms with Crippen LogP contribution >= 0.6 is 0 Å². The Morgan fingerprint density at radius 2 is 0.533 bits per heavy atom. The molecule has 45 heavy (non-hydrogen) atoms. The van der Waals surface area contributed by atoms with E-state index >= 15 is 0 Å². The van der Waals surface area contributed by atoms with Gasteiger partial charge in [0.2, 0.25) is 12.3 Å². The van der Waals surface area contributed by atoms with Crippen molar-refractivity contribution in [3.63, 3.8) is 0 Å². The molecule has 0 aromatic rings. The number of ether oxygens (including phenoxy) is 1. The molecule has 0 aliphatic rings. The Morgan fingerprint density at radius 1 is 0.356 bits per heavy atom. The third-order valence-electron chi connectivity index (χ3n) is 5.65. The van der Waals surface area contributed by atoms with E-state index in [0.29, 0.717) is 0 Å². The molecule has 268 valence electrons. The maximum absolute atomic E-state index is 14.3. The molecule has 25 heteroatoms. The highest BCUT2D eigenvalue weighted by molar-refractivity contribution is 5.13. The molecule has 0 saturated heterocycles. The summed E-state index contributed by atoms with van der Waals surface area (Å²) < 4.78 is 326. The molecule has 0 heterocycles. The van der Waals surface area contributed by atoms with Crippen molar-refractivity contribution < 1.29 is 110 Å². The number of alkyl halides is 24. The highest BCUT2D eigenvalue weighted by atomic mass is 19.4. The first-order valence-corrected chi connectivity index (χ1v) is 10.7. The van der Waals surface area contributed by atoms with Crippen molar-refractivity contribution in [3.05, 3.63) is 25.3 Å². The Bertz CT molecular complexity index is 929. The van der Waals surface area contributed by atoms with Gasteiger partial charge in [-0.1, -0.05) is 12.2 Å². The summed E-state index contributed by atoms with van der Waals surface area (Å²) in [6.07, 6.45) is -42.5. The van der Waals surface area contributed by atoms with Gasteiger partial charge in [0.1, 0.15) is 12.2 Å². The molecule has 0 fully saturated rings. The molecule has 0 aromatic carbocycles. The fourth-order valence-electron chi connectivity index (χ4n) is 2.93. The van der Waals surface area contributed by atoms with E-state index in [-0.39, 0.29) is 0 Å². The van der Waals surface area contributed by atoms with E-state index in [2.05, 4.69) is 17.9 Å². The number of hydrogen-bond acceptors (Lipinski definition) is 1. The minimum atomic E-state index is -8.00. The summed E-state index contributed by atoms with van der Waals surface area (Å²) in [6.45, 7) is 4.49. The van der Waals surface area contributed by atoms with Crippen LogP contribution in [0.5, 0.6) is 0 Å². The molecule has 0 rings (SSSR count). The fraction of sp³-hybridized carbons (Fsp3) is 0.800. The van der Waals surface area contributed by atoms with E-state index in [1.54, 1.807) is 0 Å². The van der Waals surface area contributed by atoms with Gasteiger partial charge in [0, 0.05) is 0 Å². The second-order valence-corrected chi connectivity index (χ2v) is 8.60. The first-order valence-electron chi connectivity index (χ1n) is 10.7. The van der Waals surface area contributed by atoms with E-state index in [1.165, 1.54) is 0 Å². The second-order valence-electron chi connectivity index (χ2n) is 8.60. The Hall–Kier alpha value is -2.24. The normalized spacial score (nSPS) is 19.2. The first-order chi connectivity index (χ1) is 19.7.